The molecule has 1 aromatic rings. The lowest BCUT2D eigenvalue weighted by Crippen LogP contribution is -2.33. The zero-order valence-corrected chi connectivity index (χ0v) is 9.50. The van der Waals surface area contributed by atoms with Gasteiger partial charge < -0.3 is 5.32 Å². The fourth-order valence-corrected chi connectivity index (χ4v) is 1.74. The summed E-state index contributed by atoms with van der Waals surface area (Å²) in [6.07, 6.45) is 0. The first-order valence-electron chi connectivity index (χ1n) is 4.55. The summed E-state index contributed by atoms with van der Waals surface area (Å²) < 4.78 is 0. The van der Waals surface area contributed by atoms with Crippen molar-refractivity contribution in [2.75, 3.05) is 5.32 Å². The molecule has 10 nitrogen and oxygen atoms in total. The molecule has 1 heterocycles. The standard InChI is InChI=1S/C8H2ClN4O6/c9-4-3(12(16)17)1-2-5(6(4)13(18)19)11-8(15)7(14)10-2/h1H,(H,10,14). The Morgan fingerprint density at radius 3 is 2.37 bits per heavy atom. The molecule has 0 saturated carbocycles. The number of benzene rings is 1. The van der Waals surface area contributed by atoms with Crippen LogP contribution in [0, 0.1) is 20.2 Å². The number of rotatable bonds is 2. The third kappa shape index (κ3) is 1.93. The lowest BCUT2D eigenvalue weighted by molar-refractivity contribution is -0.393. The molecule has 19 heavy (non-hydrogen) atoms. The molecule has 0 aromatic heterocycles. The number of amides is 2. The Morgan fingerprint density at radius 2 is 1.84 bits per heavy atom. The molecule has 0 fully saturated rings. The fourth-order valence-electron chi connectivity index (χ4n) is 1.46. The number of hydrogen-bond donors (Lipinski definition) is 1. The summed E-state index contributed by atoms with van der Waals surface area (Å²) in [6.45, 7) is 0. The van der Waals surface area contributed by atoms with Crippen molar-refractivity contribution < 1.29 is 19.4 Å². The Balaban J connectivity index is 2.78. The number of fused-ring (bicyclic) bond motifs is 1. The molecule has 1 aromatic carbocycles. The maximum Gasteiger partial charge on any atom is 0.336 e. The zero-order valence-electron chi connectivity index (χ0n) is 8.75. The average molecular weight is 286 g/mol. The number of nitrogens with one attached hydrogen (secondary N) is 1. The van der Waals surface area contributed by atoms with Crippen LogP contribution in [0.5, 0.6) is 0 Å². The molecule has 11 heteroatoms. The first-order chi connectivity index (χ1) is 8.82. The van der Waals surface area contributed by atoms with Crippen LogP contribution >= 0.6 is 11.6 Å². The number of halogens is 1. The molecule has 1 N–H and O–H groups in total. The smallest absolute Gasteiger partial charge is 0.315 e. The first-order valence-corrected chi connectivity index (χ1v) is 4.93. The van der Waals surface area contributed by atoms with Crippen LogP contribution in [-0.4, -0.2) is 21.7 Å². The van der Waals surface area contributed by atoms with Crippen molar-refractivity contribution in [3.8, 4) is 0 Å². The van der Waals surface area contributed by atoms with Crippen LogP contribution in [-0.2, 0) is 9.59 Å². The molecule has 1 aliphatic rings. The highest BCUT2D eigenvalue weighted by atomic mass is 35.5. The Bertz CT molecular complexity index is 657. The zero-order chi connectivity index (χ0) is 14.3. The predicted molar refractivity (Wildman–Crippen MR) is 60.2 cm³/mol. The van der Waals surface area contributed by atoms with Crippen molar-refractivity contribution >= 4 is 46.2 Å². The minimum absolute atomic E-state index is 0.313. The normalized spacial score (nSPS) is 13.3. The summed E-state index contributed by atoms with van der Waals surface area (Å²) in [6, 6.07) is 0.804. The van der Waals surface area contributed by atoms with E-state index in [1.54, 1.807) is 0 Å². The van der Waals surface area contributed by atoms with Gasteiger partial charge in [-0.15, -0.1) is 0 Å². The van der Waals surface area contributed by atoms with Crippen molar-refractivity contribution in [3.05, 3.63) is 31.3 Å². The molecule has 0 spiro atoms. The molecular weight excluding hydrogens is 284 g/mol. The lowest BCUT2D eigenvalue weighted by atomic mass is 10.1. The van der Waals surface area contributed by atoms with E-state index in [0.29, 0.717) is 0 Å². The van der Waals surface area contributed by atoms with Crippen LogP contribution in [0.2, 0.25) is 5.02 Å². The van der Waals surface area contributed by atoms with Crippen LogP contribution in [0.4, 0.5) is 22.7 Å². The molecule has 1 radical (unpaired) electrons. The van der Waals surface area contributed by atoms with E-state index in [0.717, 1.165) is 6.07 Å². The van der Waals surface area contributed by atoms with Gasteiger partial charge in [0.25, 0.3) is 5.69 Å². The SMILES string of the molecule is O=C1[N]c2c(cc([N+](=O)[O-])c(Cl)c2[N+](=O)[O-])NC1=O. The van der Waals surface area contributed by atoms with E-state index >= 15 is 0 Å². The maximum absolute atomic E-state index is 11.1. The van der Waals surface area contributed by atoms with Crippen molar-refractivity contribution in [1.82, 2.24) is 5.32 Å². The quantitative estimate of drug-likeness (QED) is 0.484. The van der Waals surface area contributed by atoms with Gasteiger partial charge in [-0.25, -0.2) is 0 Å². The molecular formula is C8H2ClN4O6. The van der Waals surface area contributed by atoms with E-state index in [-0.39, 0.29) is 5.69 Å². The molecule has 2 rings (SSSR count). The number of carbonyl (C=O) groups excluding carboxylic acids is 2. The topological polar surface area (TPSA) is 147 Å². The molecule has 97 valence electrons. The highest BCUT2D eigenvalue weighted by Gasteiger charge is 2.37. The summed E-state index contributed by atoms with van der Waals surface area (Å²) in [5.74, 6) is -2.39. The van der Waals surface area contributed by atoms with E-state index in [1.807, 2.05) is 5.32 Å². The monoisotopic (exact) mass is 285 g/mol. The summed E-state index contributed by atoms with van der Waals surface area (Å²) in [5.41, 5.74) is -2.49. The minimum Gasteiger partial charge on any atom is -0.315 e. The second kappa shape index (κ2) is 4.17. The number of hydrogen-bond acceptors (Lipinski definition) is 6. The fraction of sp³-hybridized carbons (Fsp3) is 0. The van der Waals surface area contributed by atoms with Crippen LogP contribution in [0.3, 0.4) is 0 Å². The van der Waals surface area contributed by atoms with E-state index in [9.17, 15) is 29.8 Å². The lowest BCUT2D eigenvalue weighted by Gasteiger charge is -2.15. The summed E-state index contributed by atoms with van der Waals surface area (Å²) in [5, 5.41) is 26.0. The van der Waals surface area contributed by atoms with Gasteiger partial charge in [0.05, 0.1) is 15.5 Å². The molecule has 2 amide bonds. The Labute approximate surface area is 108 Å². The minimum atomic E-state index is -1.25. The molecule has 0 aliphatic carbocycles. The number of carbonyl (C=O) groups is 2. The summed E-state index contributed by atoms with van der Waals surface area (Å²) >= 11 is 5.55. The van der Waals surface area contributed by atoms with E-state index in [1.165, 1.54) is 0 Å². The van der Waals surface area contributed by atoms with Gasteiger partial charge in [-0.05, 0) is 0 Å². The first kappa shape index (κ1) is 12.7. The molecule has 0 saturated heterocycles. The number of nitro groups is 2. The van der Waals surface area contributed by atoms with Crippen molar-refractivity contribution in [3.63, 3.8) is 0 Å². The van der Waals surface area contributed by atoms with Crippen molar-refractivity contribution in [1.29, 1.82) is 0 Å². The van der Waals surface area contributed by atoms with Crippen LogP contribution in [0.15, 0.2) is 6.07 Å². The Morgan fingerprint density at radius 1 is 1.21 bits per heavy atom. The highest BCUT2D eigenvalue weighted by Crippen LogP contribution is 2.45. The third-order valence-corrected chi connectivity index (χ3v) is 2.60. The average Bonchev–Trinajstić information content (AvgIpc) is 2.29. The largest absolute Gasteiger partial charge is 0.336 e. The van der Waals surface area contributed by atoms with E-state index in [2.05, 4.69) is 5.32 Å². The second-order valence-electron chi connectivity index (χ2n) is 3.34. The molecule has 0 atom stereocenters. The van der Waals surface area contributed by atoms with E-state index < -0.39 is 43.7 Å². The van der Waals surface area contributed by atoms with Gasteiger partial charge in [0.2, 0.25) is 0 Å². The maximum atomic E-state index is 11.1. The van der Waals surface area contributed by atoms with Gasteiger partial charge in [0.1, 0.15) is 0 Å². The Kier molecular flexibility index (Phi) is 2.79. The molecule has 1 aliphatic heterocycles. The summed E-state index contributed by atoms with van der Waals surface area (Å²) in [4.78, 5) is 41.8. The van der Waals surface area contributed by atoms with E-state index in [4.69, 9.17) is 11.6 Å². The number of nitrogens with zero attached hydrogens (tertiary/aromatic N) is 3. The highest BCUT2D eigenvalue weighted by molar-refractivity contribution is 6.43. The van der Waals surface area contributed by atoms with Gasteiger partial charge in [0.15, 0.2) is 10.7 Å². The van der Waals surface area contributed by atoms with Gasteiger partial charge in [0, 0.05) is 6.07 Å². The van der Waals surface area contributed by atoms with Crippen LogP contribution in [0.1, 0.15) is 0 Å². The molecule has 0 bridgehead atoms. The van der Waals surface area contributed by atoms with Gasteiger partial charge >= 0.3 is 17.5 Å². The second-order valence-corrected chi connectivity index (χ2v) is 3.72. The van der Waals surface area contributed by atoms with Crippen molar-refractivity contribution in [2.45, 2.75) is 0 Å². The van der Waals surface area contributed by atoms with Gasteiger partial charge in [-0.3, -0.25) is 29.8 Å². The van der Waals surface area contributed by atoms with Crippen LogP contribution < -0.4 is 10.6 Å². The number of nitro benzene ring substituents is 2. The molecule has 0 unspecified atom stereocenters. The summed E-state index contributed by atoms with van der Waals surface area (Å²) in [7, 11) is 0. The Hall–Kier alpha value is -2.75. The van der Waals surface area contributed by atoms with Crippen molar-refractivity contribution in [2.24, 2.45) is 0 Å². The van der Waals surface area contributed by atoms with Gasteiger partial charge in [-0.2, -0.15) is 5.32 Å². The number of anilines is 1. The predicted octanol–water partition coefficient (Wildman–Crippen LogP) is 0.871. The van der Waals surface area contributed by atoms with Crippen LogP contribution in [0.25, 0.3) is 0 Å². The third-order valence-electron chi connectivity index (χ3n) is 2.23. The van der Waals surface area contributed by atoms with Gasteiger partial charge in [-0.1, -0.05) is 11.6 Å².